The topological polar surface area (TPSA) is 46.2 Å². The molecule has 1 aliphatic rings. The maximum absolute atomic E-state index is 9.48. The Morgan fingerprint density at radius 2 is 1.69 bits per heavy atom. The fourth-order valence-corrected chi connectivity index (χ4v) is 2.46. The highest BCUT2D eigenvalue weighted by molar-refractivity contribution is 9.11. The third kappa shape index (κ3) is 1.63. The summed E-state index contributed by atoms with van der Waals surface area (Å²) in [5.41, 5.74) is 6.95. The zero-order chi connectivity index (χ0) is 9.64. The minimum Gasteiger partial charge on any atom is -0.506 e. The molecule has 0 amide bonds. The molecule has 70 valence electrons. The van der Waals surface area contributed by atoms with Crippen LogP contribution >= 0.6 is 31.9 Å². The fraction of sp³-hybridized carbons (Fsp3) is 0.333. The van der Waals surface area contributed by atoms with Crippen LogP contribution in [0.25, 0.3) is 0 Å². The normalized spacial score (nSPS) is 18.7. The Morgan fingerprint density at radius 3 is 2.08 bits per heavy atom. The molecule has 1 fully saturated rings. The Labute approximate surface area is 93.4 Å². The number of aromatic hydroxyl groups is 1. The molecule has 1 aliphatic carbocycles. The van der Waals surface area contributed by atoms with E-state index in [4.69, 9.17) is 5.73 Å². The van der Waals surface area contributed by atoms with Crippen molar-refractivity contribution in [2.45, 2.75) is 18.4 Å². The van der Waals surface area contributed by atoms with Crippen LogP contribution in [-0.2, 0) is 5.54 Å². The lowest BCUT2D eigenvalue weighted by molar-refractivity contribution is 0.468. The maximum atomic E-state index is 9.48. The summed E-state index contributed by atoms with van der Waals surface area (Å²) in [6.07, 6.45) is 2.05. The quantitative estimate of drug-likeness (QED) is 0.838. The van der Waals surface area contributed by atoms with Crippen molar-refractivity contribution in [2.75, 3.05) is 0 Å². The number of rotatable bonds is 1. The Balaban J connectivity index is 2.50. The van der Waals surface area contributed by atoms with Crippen LogP contribution in [0.2, 0.25) is 0 Å². The van der Waals surface area contributed by atoms with Gasteiger partial charge in [0.1, 0.15) is 5.75 Å². The maximum Gasteiger partial charge on any atom is 0.143 e. The molecule has 0 bridgehead atoms. The zero-order valence-corrected chi connectivity index (χ0v) is 10.0. The van der Waals surface area contributed by atoms with E-state index < -0.39 is 0 Å². The third-order valence-corrected chi connectivity index (χ3v) is 3.59. The summed E-state index contributed by atoms with van der Waals surface area (Å²) in [6.45, 7) is 0. The van der Waals surface area contributed by atoms with E-state index >= 15 is 0 Å². The summed E-state index contributed by atoms with van der Waals surface area (Å²) >= 11 is 6.56. The van der Waals surface area contributed by atoms with Crippen molar-refractivity contribution >= 4 is 31.9 Å². The van der Waals surface area contributed by atoms with Gasteiger partial charge in [0.15, 0.2) is 0 Å². The van der Waals surface area contributed by atoms with Gasteiger partial charge < -0.3 is 10.8 Å². The van der Waals surface area contributed by atoms with E-state index in [1.807, 2.05) is 12.1 Å². The molecule has 2 nitrogen and oxygen atoms in total. The van der Waals surface area contributed by atoms with Crippen molar-refractivity contribution in [3.05, 3.63) is 26.6 Å². The SMILES string of the molecule is NC1(c2cc(Br)c(O)c(Br)c2)CC1. The smallest absolute Gasteiger partial charge is 0.143 e. The predicted molar refractivity (Wildman–Crippen MR) is 58.6 cm³/mol. The number of halogens is 2. The van der Waals surface area contributed by atoms with Crippen LogP contribution in [0.3, 0.4) is 0 Å². The lowest BCUT2D eigenvalue weighted by Gasteiger charge is -2.11. The average molecular weight is 307 g/mol. The Morgan fingerprint density at radius 1 is 1.23 bits per heavy atom. The molecule has 13 heavy (non-hydrogen) atoms. The molecule has 0 aromatic heterocycles. The molecule has 0 spiro atoms. The first kappa shape index (κ1) is 9.49. The lowest BCUT2D eigenvalue weighted by atomic mass is 10.1. The van der Waals surface area contributed by atoms with Crippen LogP contribution in [0.4, 0.5) is 0 Å². The van der Waals surface area contributed by atoms with Gasteiger partial charge in [-0.05, 0) is 62.4 Å². The first-order valence-electron chi connectivity index (χ1n) is 4.00. The van der Waals surface area contributed by atoms with Gasteiger partial charge in [-0.3, -0.25) is 0 Å². The number of hydrogen-bond acceptors (Lipinski definition) is 2. The van der Waals surface area contributed by atoms with E-state index in [-0.39, 0.29) is 11.3 Å². The van der Waals surface area contributed by atoms with Crippen LogP contribution in [0.1, 0.15) is 18.4 Å². The second-order valence-electron chi connectivity index (χ2n) is 3.44. The molecule has 0 atom stereocenters. The van der Waals surface area contributed by atoms with Gasteiger partial charge >= 0.3 is 0 Å². The molecular formula is C9H9Br2NO. The van der Waals surface area contributed by atoms with Crippen molar-refractivity contribution in [1.29, 1.82) is 0 Å². The summed E-state index contributed by atoms with van der Waals surface area (Å²) in [5, 5.41) is 9.48. The monoisotopic (exact) mass is 305 g/mol. The molecule has 2 rings (SSSR count). The van der Waals surface area contributed by atoms with Crippen LogP contribution in [0.5, 0.6) is 5.75 Å². The molecule has 0 aliphatic heterocycles. The van der Waals surface area contributed by atoms with Crippen LogP contribution in [0, 0.1) is 0 Å². The van der Waals surface area contributed by atoms with E-state index in [0.717, 1.165) is 18.4 Å². The summed E-state index contributed by atoms with van der Waals surface area (Å²) in [7, 11) is 0. The van der Waals surface area contributed by atoms with Crippen molar-refractivity contribution in [1.82, 2.24) is 0 Å². The van der Waals surface area contributed by atoms with Gasteiger partial charge in [0, 0.05) is 5.54 Å². The molecule has 0 unspecified atom stereocenters. The van der Waals surface area contributed by atoms with Crippen molar-refractivity contribution in [2.24, 2.45) is 5.73 Å². The van der Waals surface area contributed by atoms with Gasteiger partial charge in [-0.1, -0.05) is 0 Å². The Hall–Kier alpha value is -0.0600. The standard InChI is InChI=1S/C9H9Br2NO/c10-6-3-5(9(12)1-2-9)4-7(11)8(6)13/h3-4,13H,1-2,12H2. The highest BCUT2D eigenvalue weighted by Gasteiger charge is 2.40. The summed E-state index contributed by atoms with van der Waals surface area (Å²) < 4.78 is 1.38. The molecular weight excluding hydrogens is 298 g/mol. The molecule has 1 aromatic carbocycles. The zero-order valence-electron chi connectivity index (χ0n) is 6.85. The highest BCUT2D eigenvalue weighted by atomic mass is 79.9. The van der Waals surface area contributed by atoms with Crippen LogP contribution < -0.4 is 5.73 Å². The fourth-order valence-electron chi connectivity index (χ4n) is 1.28. The van der Waals surface area contributed by atoms with E-state index in [0.29, 0.717) is 8.95 Å². The minimum absolute atomic E-state index is 0.154. The van der Waals surface area contributed by atoms with E-state index in [9.17, 15) is 5.11 Å². The molecule has 1 aromatic rings. The number of nitrogens with two attached hydrogens (primary N) is 1. The lowest BCUT2D eigenvalue weighted by Crippen LogP contribution is -2.18. The molecule has 0 radical (unpaired) electrons. The van der Waals surface area contributed by atoms with Crippen molar-refractivity contribution in [3.63, 3.8) is 0 Å². The van der Waals surface area contributed by atoms with E-state index in [2.05, 4.69) is 31.9 Å². The van der Waals surface area contributed by atoms with Crippen LogP contribution in [-0.4, -0.2) is 5.11 Å². The minimum atomic E-state index is -0.154. The molecule has 4 heteroatoms. The second-order valence-corrected chi connectivity index (χ2v) is 5.15. The van der Waals surface area contributed by atoms with E-state index in [1.54, 1.807) is 0 Å². The van der Waals surface area contributed by atoms with Gasteiger partial charge in [-0.15, -0.1) is 0 Å². The van der Waals surface area contributed by atoms with Gasteiger partial charge in [0.25, 0.3) is 0 Å². The molecule has 0 saturated heterocycles. The number of hydrogen-bond donors (Lipinski definition) is 2. The Kier molecular flexibility index (Phi) is 2.17. The third-order valence-electron chi connectivity index (χ3n) is 2.38. The summed E-state index contributed by atoms with van der Waals surface area (Å²) in [4.78, 5) is 0. The predicted octanol–water partition coefficient (Wildman–Crippen LogP) is 2.87. The van der Waals surface area contributed by atoms with Crippen molar-refractivity contribution < 1.29 is 5.11 Å². The summed E-state index contributed by atoms with van der Waals surface area (Å²) in [6, 6.07) is 3.76. The Bertz CT molecular complexity index is 338. The average Bonchev–Trinajstić information content (AvgIpc) is 2.80. The largest absolute Gasteiger partial charge is 0.506 e. The first-order valence-corrected chi connectivity index (χ1v) is 5.59. The second kappa shape index (κ2) is 2.97. The molecule has 0 heterocycles. The van der Waals surface area contributed by atoms with Gasteiger partial charge in [0.2, 0.25) is 0 Å². The first-order chi connectivity index (χ1) is 6.03. The molecule has 3 N–H and O–H groups in total. The van der Waals surface area contributed by atoms with Crippen LogP contribution in [0.15, 0.2) is 21.1 Å². The number of phenolic OH excluding ortho intramolecular Hbond substituents is 1. The van der Waals surface area contributed by atoms with Gasteiger partial charge in [-0.2, -0.15) is 0 Å². The van der Waals surface area contributed by atoms with Crippen molar-refractivity contribution in [3.8, 4) is 5.75 Å². The van der Waals surface area contributed by atoms with Gasteiger partial charge in [0.05, 0.1) is 8.95 Å². The number of phenols is 1. The number of benzene rings is 1. The molecule has 1 saturated carbocycles. The van der Waals surface area contributed by atoms with Gasteiger partial charge in [-0.25, -0.2) is 0 Å². The summed E-state index contributed by atoms with van der Waals surface area (Å²) in [5.74, 6) is 0.230. The highest BCUT2D eigenvalue weighted by Crippen LogP contribution is 2.46. The van der Waals surface area contributed by atoms with E-state index in [1.165, 1.54) is 0 Å².